The first-order valence-corrected chi connectivity index (χ1v) is 5.97. The van der Waals surface area contributed by atoms with E-state index in [1.807, 2.05) is 13.0 Å². The number of nitrogens with one attached hydrogen (secondary N) is 2. The topological polar surface area (TPSA) is 50.4 Å². The van der Waals surface area contributed by atoms with Crippen LogP contribution >= 0.6 is 0 Å². The van der Waals surface area contributed by atoms with E-state index in [1.54, 1.807) is 19.2 Å². The average Bonchev–Trinajstić information content (AvgIpc) is 2.37. The minimum atomic E-state index is -2.48. The maximum absolute atomic E-state index is 11.8. The lowest BCUT2D eigenvalue weighted by atomic mass is 10.1. The van der Waals surface area contributed by atoms with Crippen LogP contribution < -0.4 is 10.6 Å². The van der Waals surface area contributed by atoms with E-state index in [2.05, 4.69) is 15.4 Å². The predicted molar refractivity (Wildman–Crippen MR) is 69.9 cm³/mol. The summed E-state index contributed by atoms with van der Waals surface area (Å²) < 4.78 is 28.3. The first-order valence-electron chi connectivity index (χ1n) is 5.97. The third-order valence-corrected chi connectivity index (χ3v) is 2.54. The van der Waals surface area contributed by atoms with Crippen LogP contribution in [0.15, 0.2) is 18.2 Å². The molecular weight excluding hydrogens is 254 g/mol. The molecule has 0 aliphatic carbocycles. The van der Waals surface area contributed by atoms with Crippen LogP contribution in [0.4, 0.5) is 14.5 Å². The summed E-state index contributed by atoms with van der Waals surface area (Å²) in [6.45, 7) is 1.51. The number of rotatable bonds is 7. The van der Waals surface area contributed by atoms with Crippen LogP contribution in [0.1, 0.15) is 15.9 Å². The lowest BCUT2D eigenvalue weighted by molar-refractivity contribution is 0.0188. The highest BCUT2D eigenvalue weighted by molar-refractivity contribution is 5.96. The Labute approximate surface area is 111 Å². The smallest absolute Gasteiger partial charge is 0.261 e. The largest absolute Gasteiger partial charge is 0.388 e. The van der Waals surface area contributed by atoms with Crippen molar-refractivity contribution in [2.24, 2.45) is 0 Å². The van der Waals surface area contributed by atoms with Gasteiger partial charge in [-0.05, 0) is 30.7 Å². The molecule has 1 aromatic carbocycles. The fraction of sp³-hybridized carbons (Fsp3) is 0.462. The van der Waals surface area contributed by atoms with E-state index >= 15 is 0 Å². The van der Waals surface area contributed by atoms with Crippen LogP contribution in [0, 0.1) is 6.92 Å². The van der Waals surface area contributed by atoms with Gasteiger partial charge >= 0.3 is 0 Å². The zero-order valence-electron chi connectivity index (χ0n) is 11.0. The van der Waals surface area contributed by atoms with Gasteiger partial charge in [-0.1, -0.05) is 0 Å². The lowest BCUT2D eigenvalue weighted by Crippen LogP contribution is -2.28. The molecule has 0 aromatic heterocycles. The number of aryl methyl sites for hydroxylation is 1. The summed E-state index contributed by atoms with van der Waals surface area (Å²) in [5, 5.41) is 5.60. The summed E-state index contributed by atoms with van der Waals surface area (Å²) in [4.78, 5) is 11.8. The number of carbonyl (C=O) groups is 1. The third-order valence-electron chi connectivity index (χ3n) is 2.54. The Morgan fingerprint density at radius 2 is 2.16 bits per heavy atom. The fourth-order valence-corrected chi connectivity index (χ4v) is 1.58. The van der Waals surface area contributed by atoms with Gasteiger partial charge < -0.3 is 15.4 Å². The zero-order valence-corrected chi connectivity index (χ0v) is 11.0. The van der Waals surface area contributed by atoms with Gasteiger partial charge in [0.1, 0.15) is 6.61 Å². The first-order chi connectivity index (χ1) is 9.04. The molecule has 0 heterocycles. The highest BCUT2D eigenvalue weighted by Gasteiger charge is 2.09. The Kier molecular flexibility index (Phi) is 6.21. The third kappa shape index (κ3) is 5.21. The molecule has 0 atom stereocenters. The van der Waals surface area contributed by atoms with Crippen LogP contribution in [-0.4, -0.2) is 39.1 Å². The van der Waals surface area contributed by atoms with E-state index in [4.69, 9.17) is 0 Å². The molecule has 0 saturated carbocycles. The second-order valence-corrected chi connectivity index (χ2v) is 4.00. The van der Waals surface area contributed by atoms with E-state index in [0.29, 0.717) is 5.56 Å². The van der Waals surface area contributed by atoms with Crippen LogP contribution in [-0.2, 0) is 4.74 Å². The van der Waals surface area contributed by atoms with Gasteiger partial charge in [0.25, 0.3) is 12.3 Å². The lowest BCUT2D eigenvalue weighted by Gasteiger charge is -2.09. The normalized spacial score (nSPS) is 10.6. The molecule has 6 heteroatoms. The van der Waals surface area contributed by atoms with Crippen LogP contribution in [0.25, 0.3) is 0 Å². The van der Waals surface area contributed by atoms with Crippen molar-refractivity contribution in [3.8, 4) is 0 Å². The van der Waals surface area contributed by atoms with Crippen LogP contribution in [0.3, 0.4) is 0 Å². The minimum absolute atomic E-state index is 0.0731. The highest BCUT2D eigenvalue weighted by atomic mass is 19.3. The van der Waals surface area contributed by atoms with Gasteiger partial charge in [0.05, 0.1) is 6.61 Å². The number of hydrogen-bond donors (Lipinski definition) is 2. The molecule has 1 rings (SSSR count). The molecule has 4 nitrogen and oxygen atoms in total. The summed E-state index contributed by atoms with van der Waals surface area (Å²) in [5.74, 6) is -0.235. The number of amides is 1. The molecule has 0 aliphatic heterocycles. The van der Waals surface area contributed by atoms with E-state index in [-0.39, 0.29) is 19.1 Å². The number of benzene rings is 1. The summed E-state index contributed by atoms with van der Waals surface area (Å²) in [6, 6.07) is 5.38. The molecule has 106 valence electrons. The number of halogens is 2. The highest BCUT2D eigenvalue weighted by Crippen LogP contribution is 2.14. The van der Waals surface area contributed by atoms with Crippen molar-refractivity contribution < 1.29 is 18.3 Å². The first kappa shape index (κ1) is 15.4. The van der Waals surface area contributed by atoms with E-state index in [1.165, 1.54) is 0 Å². The second kappa shape index (κ2) is 7.68. The Balaban J connectivity index is 2.41. The van der Waals surface area contributed by atoms with Gasteiger partial charge in [-0.2, -0.15) is 0 Å². The van der Waals surface area contributed by atoms with E-state index in [9.17, 15) is 13.6 Å². The molecule has 0 radical (unpaired) electrons. The Morgan fingerprint density at radius 1 is 1.42 bits per heavy atom. The molecule has 1 amide bonds. The molecule has 0 fully saturated rings. The molecule has 1 aromatic rings. The van der Waals surface area contributed by atoms with Crippen molar-refractivity contribution in [1.29, 1.82) is 0 Å². The molecule has 2 N–H and O–H groups in total. The number of ether oxygens (including phenoxy) is 1. The van der Waals surface area contributed by atoms with Crippen molar-refractivity contribution in [2.75, 3.05) is 32.1 Å². The minimum Gasteiger partial charge on any atom is -0.388 e. The monoisotopic (exact) mass is 272 g/mol. The standard InChI is InChI=1S/C13H18F2N2O2/c1-9-7-10(16-2)3-4-11(9)13(18)17-5-6-19-8-12(14)15/h3-4,7,12,16H,5-6,8H2,1-2H3,(H,17,18). The molecule has 19 heavy (non-hydrogen) atoms. The van der Waals surface area contributed by atoms with Crippen molar-refractivity contribution in [2.45, 2.75) is 13.3 Å². The molecule has 0 spiro atoms. The van der Waals surface area contributed by atoms with Crippen LogP contribution in [0.5, 0.6) is 0 Å². The predicted octanol–water partition coefficient (Wildman–Crippen LogP) is 2.05. The van der Waals surface area contributed by atoms with E-state index < -0.39 is 13.0 Å². The fourth-order valence-electron chi connectivity index (χ4n) is 1.58. The van der Waals surface area contributed by atoms with Crippen molar-refractivity contribution in [1.82, 2.24) is 5.32 Å². The van der Waals surface area contributed by atoms with E-state index in [0.717, 1.165) is 11.3 Å². The molecule has 0 bridgehead atoms. The van der Waals surface area contributed by atoms with Gasteiger partial charge in [0.15, 0.2) is 0 Å². The van der Waals surface area contributed by atoms with Crippen molar-refractivity contribution in [3.05, 3.63) is 29.3 Å². The second-order valence-electron chi connectivity index (χ2n) is 4.00. The van der Waals surface area contributed by atoms with Gasteiger partial charge in [0.2, 0.25) is 0 Å². The van der Waals surface area contributed by atoms with Gasteiger partial charge in [-0.3, -0.25) is 4.79 Å². The van der Waals surface area contributed by atoms with Gasteiger partial charge in [0, 0.05) is 24.8 Å². The molecule has 0 unspecified atom stereocenters. The Bertz CT molecular complexity index is 425. The quantitative estimate of drug-likeness (QED) is 0.747. The van der Waals surface area contributed by atoms with Crippen LogP contribution in [0.2, 0.25) is 0 Å². The Hall–Kier alpha value is -1.69. The maximum Gasteiger partial charge on any atom is 0.261 e. The number of carbonyl (C=O) groups excluding carboxylic acids is 1. The molecule has 0 saturated heterocycles. The Morgan fingerprint density at radius 3 is 2.74 bits per heavy atom. The summed E-state index contributed by atoms with van der Waals surface area (Å²) in [7, 11) is 1.80. The maximum atomic E-state index is 11.8. The molecule has 0 aliphatic rings. The SMILES string of the molecule is CNc1ccc(C(=O)NCCOCC(F)F)c(C)c1. The summed E-state index contributed by atoms with van der Waals surface area (Å²) in [6.07, 6.45) is -2.48. The van der Waals surface area contributed by atoms with Crippen molar-refractivity contribution >= 4 is 11.6 Å². The van der Waals surface area contributed by atoms with Crippen molar-refractivity contribution in [3.63, 3.8) is 0 Å². The zero-order chi connectivity index (χ0) is 14.3. The summed E-state index contributed by atoms with van der Waals surface area (Å²) >= 11 is 0. The number of alkyl halides is 2. The van der Waals surface area contributed by atoms with Gasteiger partial charge in [-0.25, -0.2) is 8.78 Å². The van der Waals surface area contributed by atoms with Gasteiger partial charge in [-0.15, -0.1) is 0 Å². The summed E-state index contributed by atoms with van der Waals surface area (Å²) in [5.41, 5.74) is 2.33. The number of anilines is 1. The average molecular weight is 272 g/mol. The molecular formula is C13H18F2N2O2. The number of hydrogen-bond acceptors (Lipinski definition) is 3.